The zero-order valence-electron chi connectivity index (χ0n) is 17.1. The van der Waals surface area contributed by atoms with Crippen LogP contribution in [-0.2, 0) is 14.3 Å². The standard InChI is InChI=1S/C24H20ClFN2O4/c1-31-24(30)14-21(17-6-8-18(25)9-7-17)28-23(29)11-5-16-4-10-22(20(26)13-16)32-19-3-2-12-27-15-19/h2-13,15,21H,14H2,1H3,(H,28,29)/b11-5+. The van der Waals surface area contributed by atoms with Gasteiger partial charge in [-0.05, 0) is 53.6 Å². The molecule has 1 amide bonds. The topological polar surface area (TPSA) is 77.5 Å². The molecular weight excluding hydrogens is 435 g/mol. The molecule has 0 aliphatic rings. The number of amides is 1. The first-order valence-electron chi connectivity index (χ1n) is 9.63. The van der Waals surface area contributed by atoms with Crippen molar-refractivity contribution in [1.29, 1.82) is 0 Å². The van der Waals surface area contributed by atoms with Crippen LogP contribution in [0, 0.1) is 5.82 Å². The Kier molecular flexibility index (Phi) is 7.94. The maximum atomic E-state index is 14.4. The number of methoxy groups -OCH3 is 1. The lowest BCUT2D eigenvalue weighted by Gasteiger charge is -2.17. The van der Waals surface area contributed by atoms with Crippen LogP contribution in [-0.4, -0.2) is 24.0 Å². The second kappa shape index (κ2) is 11.1. The third-order valence-corrected chi connectivity index (χ3v) is 4.68. The monoisotopic (exact) mass is 454 g/mol. The number of benzene rings is 2. The van der Waals surface area contributed by atoms with Crippen LogP contribution in [0.2, 0.25) is 5.02 Å². The molecule has 32 heavy (non-hydrogen) atoms. The molecule has 8 heteroatoms. The maximum Gasteiger partial charge on any atom is 0.307 e. The summed E-state index contributed by atoms with van der Waals surface area (Å²) >= 11 is 5.91. The van der Waals surface area contributed by atoms with E-state index in [9.17, 15) is 14.0 Å². The van der Waals surface area contributed by atoms with Crippen molar-refractivity contribution in [3.8, 4) is 11.5 Å². The highest BCUT2D eigenvalue weighted by Crippen LogP contribution is 2.25. The summed E-state index contributed by atoms with van der Waals surface area (Å²) in [5.41, 5.74) is 1.16. The molecule has 0 spiro atoms. The smallest absolute Gasteiger partial charge is 0.307 e. The fourth-order valence-corrected chi connectivity index (χ4v) is 2.95. The molecule has 1 atom stereocenters. The lowest BCUT2D eigenvalue weighted by Crippen LogP contribution is -2.29. The molecule has 164 valence electrons. The van der Waals surface area contributed by atoms with Gasteiger partial charge in [-0.25, -0.2) is 4.39 Å². The van der Waals surface area contributed by atoms with Gasteiger partial charge < -0.3 is 14.8 Å². The molecule has 1 unspecified atom stereocenters. The number of pyridine rings is 1. The van der Waals surface area contributed by atoms with Crippen molar-refractivity contribution in [3.05, 3.63) is 95.0 Å². The summed E-state index contributed by atoms with van der Waals surface area (Å²) < 4.78 is 24.5. The number of hydrogen-bond donors (Lipinski definition) is 1. The predicted molar refractivity (Wildman–Crippen MR) is 119 cm³/mol. The molecule has 1 heterocycles. The molecule has 0 aliphatic heterocycles. The van der Waals surface area contributed by atoms with Crippen molar-refractivity contribution in [1.82, 2.24) is 10.3 Å². The third-order valence-electron chi connectivity index (χ3n) is 4.43. The summed E-state index contributed by atoms with van der Waals surface area (Å²) in [7, 11) is 1.28. The molecule has 0 fully saturated rings. The SMILES string of the molecule is COC(=O)CC(NC(=O)/C=C/c1ccc(Oc2cccnc2)c(F)c1)c1ccc(Cl)cc1. The summed E-state index contributed by atoms with van der Waals surface area (Å²) in [6.45, 7) is 0. The third kappa shape index (κ3) is 6.65. The van der Waals surface area contributed by atoms with Crippen LogP contribution in [0.25, 0.3) is 6.08 Å². The van der Waals surface area contributed by atoms with Crippen molar-refractivity contribution < 1.29 is 23.5 Å². The van der Waals surface area contributed by atoms with E-state index in [-0.39, 0.29) is 12.2 Å². The minimum Gasteiger partial charge on any atom is -0.469 e. The summed E-state index contributed by atoms with van der Waals surface area (Å²) in [5.74, 6) is -1.06. The average Bonchev–Trinajstić information content (AvgIpc) is 2.80. The van der Waals surface area contributed by atoms with E-state index in [2.05, 4.69) is 10.3 Å². The molecule has 0 saturated heterocycles. The van der Waals surface area contributed by atoms with Gasteiger partial charge in [-0.15, -0.1) is 0 Å². The second-order valence-electron chi connectivity index (χ2n) is 6.71. The van der Waals surface area contributed by atoms with Crippen molar-refractivity contribution in [3.63, 3.8) is 0 Å². The molecule has 0 aliphatic carbocycles. The minimum absolute atomic E-state index is 0.0421. The molecule has 1 N–H and O–H groups in total. The van der Waals surface area contributed by atoms with Gasteiger partial charge in [0.2, 0.25) is 5.91 Å². The maximum absolute atomic E-state index is 14.4. The Morgan fingerprint density at radius 3 is 2.62 bits per heavy atom. The summed E-state index contributed by atoms with van der Waals surface area (Å²) in [4.78, 5) is 28.1. The Balaban J connectivity index is 1.67. The van der Waals surface area contributed by atoms with E-state index in [1.165, 1.54) is 37.6 Å². The number of nitrogens with one attached hydrogen (secondary N) is 1. The van der Waals surface area contributed by atoms with E-state index >= 15 is 0 Å². The number of nitrogens with zero attached hydrogens (tertiary/aromatic N) is 1. The number of esters is 1. The van der Waals surface area contributed by atoms with Gasteiger partial charge in [0.1, 0.15) is 5.75 Å². The number of halogens is 2. The molecular formula is C24H20ClFN2O4. The largest absolute Gasteiger partial charge is 0.469 e. The van der Waals surface area contributed by atoms with Gasteiger partial charge in [-0.2, -0.15) is 0 Å². The van der Waals surface area contributed by atoms with E-state index in [0.29, 0.717) is 21.9 Å². The van der Waals surface area contributed by atoms with Gasteiger partial charge in [0, 0.05) is 17.3 Å². The number of aromatic nitrogens is 1. The molecule has 3 aromatic rings. The van der Waals surface area contributed by atoms with Crippen LogP contribution in [0.5, 0.6) is 11.5 Å². The van der Waals surface area contributed by atoms with Gasteiger partial charge in [0.05, 0.1) is 25.8 Å². The summed E-state index contributed by atoms with van der Waals surface area (Å²) in [6.07, 6.45) is 5.74. The Bertz CT molecular complexity index is 1100. The van der Waals surface area contributed by atoms with Crippen molar-refractivity contribution in [2.75, 3.05) is 7.11 Å². The first-order valence-corrected chi connectivity index (χ1v) is 10.0. The molecule has 0 saturated carbocycles. The van der Waals surface area contributed by atoms with E-state index in [4.69, 9.17) is 21.1 Å². The van der Waals surface area contributed by atoms with Crippen molar-refractivity contribution >= 4 is 29.6 Å². The molecule has 3 rings (SSSR count). The van der Waals surface area contributed by atoms with Gasteiger partial charge in [0.15, 0.2) is 11.6 Å². The quantitative estimate of drug-likeness (QED) is 0.378. The van der Waals surface area contributed by atoms with Crippen LogP contribution in [0.15, 0.2) is 73.1 Å². The van der Waals surface area contributed by atoms with E-state index < -0.39 is 23.7 Å². The Morgan fingerprint density at radius 2 is 1.97 bits per heavy atom. The van der Waals surface area contributed by atoms with Crippen LogP contribution < -0.4 is 10.1 Å². The van der Waals surface area contributed by atoms with Crippen molar-refractivity contribution in [2.24, 2.45) is 0 Å². The van der Waals surface area contributed by atoms with Crippen LogP contribution in [0.1, 0.15) is 23.6 Å². The Labute approximate surface area is 189 Å². The highest BCUT2D eigenvalue weighted by Gasteiger charge is 2.18. The van der Waals surface area contributed by atoms with Gasteiger partial charge in [-0.3, -0.25) is 14.6 Å². The van der Waals surface area contributed by atoms with Crippen LogP contribution in [0.3, 0.4) is 0 Å². The predicted octanol–water partition coefficient (Wildman–Crippen LogP) is 5.10. The Morgan fingerprint density at radius 1 is 1.19 bits per heavy atom. The molecule has 2 aromatic carbocycles. The zero-order valence-corrected chi connectivity index (χ0v) is 17.9. The van der Waals surface area contributed by atoms with Crippen LogP contribution in [0.4, 0.5) is 4.39 Å². The van der Waals surface area contributed by atoms with Gasteiger partial charge >= 0.3 is 5.97 Å². The summed E-state index contributed by atoms with van der Waals surface area (Å²) in [6, 6.07) is 13.8. The first kappa shape index (κ1) is 23.0. The normalized spacial score (nSPS) is 11.7. The number of rotatable bonds is 8. The molecule has 6 nitrogen and oxygen atoms in total. The van der Waals surface area contributed by atoms with E-state index in [1.807, 2.05) is 0 Å². The highest BCUT2D eigenvalue weighted by atomic mass is 35.5. The van der Waals surface area contributed by atoms with E-state index in [1.54, 1.807) is 48.7 Å². The van der Waals surface area contributed by atoms with E-state index in [0.717, 1.165) is 0 Å². The first-order chi connectivity index (χ1) is 15.4. The van der Waals surface area contributed by atoms with Crippen molar-refractivity contribution in [2.45, 2.75) is 12.5 Å². The number of carbonyl (C=O) groups excluding carboxylic acids is 2. The molecule has 0 radical (unpaired) electrons. The van der Waals surface area contributed by atoms with Gasteiger partial charge in [-0.1, -0.05) is 29.8 Å². The Hall–Kier alpha value is -3.71. The second-order valence-corrected chi connectivity index (χ2v) is 7.14. The number of hydrogen-bond acceptors (Lipinski definition) is 5. The fourth-order valence-electron chi connectivity index (χ4n) is 2.83. The summed E-state index contributed by atoms with van der Waals surface area (Å²) in [5, 5.41) is 3.29. The lowest BCUT2D eigenvalue weighted by atomic mass is 10.0. The number of ether oxygens (including phenoxy) is 2. The highest BCUT2D eigenvalue weighted by molar-refractivity contribution is 6.30. The minimum atomic E-state index is -0.608. The fraction of sp³-hybridized carbons (Fsp3) is 0.125. The molecule has 0 bridgehead atoms. The average molecular weight is 455 g/mol. The van der Waals surface area contributed by atoms with Gasteiger partial charge in [0.25, 0.3) is 0 Å². The zero-order chi connectivity index (χ0) is 22.9. The number of carbonyl (C=O) groups is 2. The lowest BCUT2D eigenvalue weighted by molar-refractivity contribution is -0.141. The molecule has 1 aromatic heterocycles. The van der Waals surface area contributed by atoms with Crippen LogP contribution >= 0.6 is 11.6 Å².